The molecular formula is C14H29NO. The van der Waals surface area contributed by atoms with Gasteiger partial charge < -0.3 is 10.5 Å². The minimum absolute atomic E-state index is 0.396. The summed E-state index contributed by atoms with van der Waals surface area (Å²) in [5, 5.41) is 0. The Morgan fingerprint density at radius 2 is 2.12 bits per heavy atom. The Morgan fingerprint density at radius 1 is 1.31 bits per heavy atom. The molecule has 0 heterocycles. The zero-order chi connectivity index (χ0) is 11.9. The van der Waals surface area contributed by atoms with Gasteiger partial charge in [0.15, 0.2) is 0 Å². The lowest BCUT2D eigenvalue weighted by atomic mass is 9.67. The van der Waals surface area contributed by atoms with Gasteiger partial charge in [-0.3, -0.25) is 0 Å². The van der Waals surface area contributed by atoms with Gasteiger partial charge in [-0.1, -0.05) is 33.1 Å². The van der Waals surface area contributed by atoms with E-state index in [1.807, 2.05) is 0 Å². The summed E-state index contributed by atoms with van der Waals surface area (Å²) in [6.45, 7) is 7.12. The van der Waals surface area contributed by atoms with Crippen molar-refractivity contribution in [3.63, 3.8) is 0 Å². The smallest absolute Gasteiger partial charge is 0.0471 e. The lowest BCUT2D eigenvalue weighted by Gasteiger charge is -2.40. The predicted molar refractivity (Wildman–Crippen MR) is 69.5 cm³/mol. The predicted octanol–water partition coefficient (Wildman–Crippen LogP) is 3.35. The van der Waals surface area contributed by atoms with Crippen LogP contribution in [-0.4, -0.2) is 19.8 Å². The summed E-state index contributed by atoms with van der Waals surface area (Å²) >= 11 is 0. The molecule has 1 fully saturated rings. The van der Waals surface area contributed by atoms with Crippen LogP contribution in [0.4, 0.5) is 0 Å². The van der Waals surface area contributed by atoms with Crippen molar-refractivity contribution >= 4 is 0 Å². The third kappa shape index (κ3) is 4.06. The van der Waals surface area contributed by atoms with Gasteiger partial charge in [0.1, 0.15) is 0 Å². The second-order valence-corrected chi connectivity index (χ2v) is 5.44. The zero-order valence-corrected chi connectivity index (χ0v) is 11.1. The van der Waals surface area contributed by atoms with Gasteiger partial charge >= 0.3 is 0 Å². The number of hydrogen-bond donors (Lipinski definition) is 1. The molecule has 2 unspecified atom stereocenters. The van der Waals surface area contributed by atoms with Crippen LogP contribution in [0.3, 0.4) is 0 Å². The van der Waals surface area contributed by atoms with Gasteiger partial charge in [-0.05, 0) is 43.6 Å². The van der Waals surface area contributed by atoms with Crippen LogP contribution >= 0.6 is 0 Å². The van der Waals surface area contributed by atoms with Crippen LogP contribution < -0.4 is 5.73 Å². The fourth-order valence-electron chi connectivity index (χ4n) is 2.98. The Labute approximate surface area is 101 Å². The van der Waals surface area contributed by atoms with Crippen molar-refractivity contribution in [1.82, 2.24) is 0 Å². The second kappa shape index (κ2) is 7.29. The summed E-state index contributed by atoms with van der Waals surface area (Å²) in [7, 11) is 0. The zero-order valence-electron chi connectivity index (χ0n) is 11.1. The van der Waals surface area contributed by atoms with Crippen LogP contribution in [0.25, 0.3) is 0 Å². The molecule has 0 aromatic heterocycles. The molecule has 2 N–H and O–H groups in total. The fourth-order valence-corrected chi connectivity index (χ4v) is 2.98. The summed E-state index contributed by atoms with van der Waals surface area (Å²) < 4.78 is 5.63. The fraction of sp³-hybridized carbons (Fsp3) is 1.00. The Kier molecular flexibility index (Phi) is 6.37. The third-order valence-electron chi connectivity index (χ3n) is 4.18. The molecule has 96 valence electrons. The number of nitrogens with two attached hydrogens (primary N) is 1. The van der Waals surface area contributed by atoms with Crippen LogP contribution in [0.1, 0.15) is 58.8 Å². The van der Waals surface area contributed by atoms with Crippen molar-refractivity contribution in [1.29, 1.82) is 0 Å². The first kappa shape index (κ1) is 14.0. The first-order valence-electron chi connectivity index (χ1n) is 7.04. The van der Waals surface area contributed by atoms with E-state index in [0.717, 1.165) is 32.1 Å². The van der Waals surface area contributed by atoms with Gasteiger partial charge in [-0.25, -0.2) is 0 Å². The molecule has 2 nitrogen and oxygen atoms in total. The molecule has 0 radical (unpaired) electrons. The van der Waals surface area contributed by atoms with E-state index >= 15 is 0 Å². The molecule has 0 bridgehead atoms. The number of rotatable bonds is 7. The van der Waals surface area contributed by atoms with Gasteiger partial charge in [0.25, 0.3) is 0 Å². The quantitative estimate of drug-likeness (QED) is 0.677. The van der Waals surface area contributed by atoms with Crippen molar-refractivity contribution in [2.45, 2.75) is 58.8 Å². The summed E-state index contributed by atoms with van der Waals surface area (Å²) in [5.74, 6) is 0.906. The normalized spacial score (nSPS) is 30.6. The van der Waals surface area contributed by atoms with Gasteiger partial charge in [0, 0.05) is 13.2 Å². The van der Waals surface area contributed by atoms with Gasteiger partial charge in [-0.2, -0.15) is 0 Å². The molecule has 0 amide bonds. The van der Waals surface area contributed by atoms with Crippen molar-refractivity contribution in [3.8, 4) is 0 Å². The average molecular weight is 227 g/mol. The minimum atomic E-state index is 0.396. The monoisotopic (exact) mass is 227 g/mol. The SMILES string of the molecule is CCCOCCC1(CN)CCCC(CC)C1. The van der Waals surface area contributed by atoms with E-state index in [4.69, 9.17) is 10.5 Å². The lowest BCUT2D eigenvalue weighted by molar-refractivity contribution is 0.0622. The Morgan fingerprint density at radius 3 is 2.75 bits per heavy atom. The summed E-state index contributed by atoms with van der Waals surface area (Å²) in [4.78, 5) is 0. The molecule has 16 heavy (non-hydrogen) atoms. The van der Waals surface area contributed by atoms with E-state index < -0.39 is 0 Å². The standard InChI is InChI=1S/C14H29NO/c1-3-9-16-10-8-14(12-15)7-5-6-13(4-2)11-14/h13H,3-12,15H2,1-2H3. The van der Waals surface area contributed by atoms with Gasteiger partial charge in [-0.15, -0.1) is 0 Å². The van der Waals surface area contributed by atoms with Crippen LogP contribution in [0, 0.1) is 11.3 Å². The molecule has 1 aliphatic carbocycles. The van der Waals surface area contributed by atoms with E-state index in [0.29, 0.717) is 5.41 Å². The number of ether oxygens (including phenoxy) is 1. The highest BCUT2D eigenvalue weighted by molar-refractivity contribution is 4.86. The number of hydrogen-bond acceptors (Lipinski definition) is 2. The van der Waals surface area contributed by atoms with E-state index in [-0.39, 0.29) is 0 Å². The maximum Gasteiger partial charge on any atom is 0.0471 e. The molecule has 1 aliphatic rings. The largest absolute Gasteiger partial charge is 0.381 e. The van der Waals surface area contributed by atoms with Crippen molar-refractivity contribution in [3.05, 3.63) is 0 Å². The molecule has 0 aliphatic heterocycles. The van der Waals surface area contributed by atoms with Crippen molar-refractivity contribution in [2.24, 2.45) is 17.1 Å². The van der Waals surface area contributed by atoms with E-state index in [1.54, 1.807) is 0 Å². The van der Waals surface area contributed by atoms with Crippen LogP contribution in [0.2, 0.25) is 0 Å². The van der Waals surface area contributed by atoms with E-state index in [1.165, 1.54) is 38.5 Å². The molecule has 1 saturated carbocycles. The van der Waals surface area contributed by atoms with Crippen LogP contribution in [0.15, 0.2) is 0 Å². The summed E-state index contributed by atoms with van der Waals surface area (Å²) in [6.07, 6.45) is 9.02. The topological polar surface area (TPSA) is 35.2 Å². The molecule has 0 saturated heterocycles. The highest BCUT2D eigenvalue weighted by Gasteiger charge is 2.34. The molecular weight excluding hydrogens is 198 g/mol. The second-order valence-electron chi connectivity index (χ2n) is 5.44. The molecule has 2 atom stereocenters. The molecule has 0 aromatic carbocycles. The summed E-state index contributed by atoms with van der Waals surface area (Å²) in [6, 6.07) is 0. The van der Waals surface area contributed by atoms with Crippen molar-refractivity contribution < 1.29 is 4.74 Å². The molecule has 0 aromatic rings. The molecule has 1 rings (SSSR count). The van der Waals surface area contributed by atoms with Crippen molar-refractivity contribution in [2.75, 3.05) is 19.8 Å². The van der Waals surface area contributed by atoms with E-state index in [9.17, 15) is 0 Å². The highest BCUT2D eigenvalue weighted by Crippen LogP contribution is 2.42. The molecule has 0 spiro atoms. The van der Waals surface area contributed by atoms with Crippen LogP contribution in [-0.2, 0) is 4.74 Å². The van der Waals surface area contributed by atoms with Gasteiger partial charge in [0.2, 0.25) is 0 Å². The van der Waals surface area contributed by atoms with E-state index in [2.05, 4.69) is 13.8 Å². The highest BCUT2D eigenvalue weighted by atomic mass is 16.5. The Hall–Kier alpha value is -0.0800. The van der Waals surface area contributed by atoms with Crippen LogP contribution in [0.5, 0.6) is 0 Å². The van der Waals surface area contributed by atoms with Gasteiger partial charge in [0.05, 0.1) is 0 Å². The Bertz CT molecular complexity index is 184. The maximum absolute atomic E-state index is 6.01. The minimum Gasteiger partial charge on any atom is -0.381 e. The summed E-state index contributed by atoms with van der Waals surface area (Å²) in [5.41, 5.74) is 6.41. The third-order valence-corrected chi connectivity index (χ3v) is 4.18. The maximum atomic E-state index is 6.01. The Balaban J connectivity index is 2.36. The lowest BCUT2D eigenvalue weighted by Crippen LogP contribution is -2.37. The molecule has 2 heteroatoms. The first-order valence-corrected chi connectivity index (χ1v) is 7.04. The first-order chi connectivity index (χ1) is 7.76. The average Bonchev–Trinajstić information content (AvgIpc) is 2.35.